The molecule has 3 nitrogen and oxygen atoms in total. The van der Waals surface area contributed by atoms with Crippen molar-refractivity contribution in [2.45, 2.75) is 148 Å². The minimum Gasteiger partial charge on any atom is -0.394 e. The smallest absolute Gasteiger partial charge is 0.104 e. The first-order valence-electron chi connectivity index (χ1n) is 17.6. The van der Waals surface area contributed by atoms with E-state index in [0.717, 1.165) is 26.1 Å². The van der Waals surface area contributed by atoms with Gasteiger partial charge in [-0.1, -0.05) is 164 Å². The zero-order chi connectivity index (χ0) is 30.4. The minimum atomic E-state index is -0.183. The molecule has 0 rings (SSSR count). The summed E-state index contributed by atoms with van der Waals surface area (Å²) in [5, 5.41) is 9.58. The van der Waals surface area contributed by atoms with Gasteiger partial charge in [-0.25, -0.2) is 0 Å². The maximum atomic E-state index is 9.58. The van der Waals surface area contributed by atoms with Crippen molar-refractivity contribution in [3.05, 3.63) is 72.9 Å². The molecule has 0 heterocycles. The fraction of sp³-hybridized carbons (Fsp3) is 0.692. The van der Waals surface area contributed by atoms with Gasteiger partial charge in [0.2, 0.25) is 0 Å². The summed E-state index contributed by atoms with van der Waals surface area (Å²) in [6.07, 6.45) is 50.7. The van der Waals surface area contributed by atoms with Crippen LogP contribution in [-0.4, -0.2) is 37.6 Å². The lowest BCUT2D eigenvalue weighted by atomic mass is 10.1. The molecule has 0 aliphatic rings. The fourth-order valence-electron chi connectivity index (χ4n) is 4.46. The molecule has 0 aromatic heterocycles. The third kappa shape index (κ3) is 34.5. The second-order valence-electron chi connectivity index (χ2n) is 11.3. The van der Waals surface area contributed by atoms with Gasteiger partial charge < -0.3 is 14.6 Å². The predicted molar refractivity (Wildman–Crippen MR) is 186 cm³/mol. The van der Waals surface area contributed by atoms with Crippen molar-refractivity contribution >= 4 is 0 Å². The lowest BCUT2D eigenvalue weighted by Crippen LogP contribution is -2.24. The highest BCUT2D eigenvalue weighted by Gasteiger charge is 2.07. The second kappa shape index (κ2) is 37.3. The summed E-state index contributed by atoms with van der Waals surface area (Å²) in [7, 11) is 0. The summed E-state index contributed by atoms with van der Waals surface area (Å²) < 4.78 is 11.6. The van der Waals surface area contributed by atoms with Gasteiger partial charge in [0.05, 0.1) is 13.2 Å². The van der Waals surface area contributed by atoms with Gasteiger partial charge >= 0.3 is 0 Å². The maximum absolute atomic E-state index is 9.58. The Kier molecular flexibility index (Phi) is 35.9. The standard InChI is InChI=1S/C39H68O3/c1-3-5-7-9-11-13-15-17-19-21-23-25-27-29-31-33-35-41-38-39(37-40)42-36-34-32-30-28-26-24-22-20-18-16-14-12-10-8-6-4-2/h9-20,39-40H,3-8,21-38H2,1-2H3/b11-9?,12-10?,15-13+,16-14+,19-17?,20-18?/t39-/m1/s1. The van der Waals surface area contributed by atoms with E-state index in [0.29, 0.717) is 6.61 Å². The first-order chi connectivity index (χ1) is 20.8. The molecule has 242 valence electrons. The van der Waals surface area contributed by atoms with Gasteiger partial charge in [-0.15, -0.1) is 0 Å². The Morgan fingerprint density at radius 3 is 1.26 bits per heavy atom. The van der Waals surface area contributed by atoms with Crippen LogP contribution in [0.3, 0.4) is 0 Å². The molecule has 0 spiro atoms. The van der Waals surface area contributed by atoms with E-state index in [4.69, 9.17) is 9.47 Å². The summed E-state index contributed by atoms with van der Waals surface area (Å²) in [5.74, 6) is 0. The Morgan fingerprint density at radius 1 is 0.452 bits per heavy atom. The maximum Gasteiger partial charge on any atom is 0.104 e. The molecule has 1 atom stereocenters. The van der Waals surface area contributed by atoms with Crippen LogP contribution in [0.2, 0.25) is 0 Å². The lowest BCUT2D eigenvalue weighted by Gasteiger charge is -2.15. The van der Waals surface area contributed by atoms with Crippen LogP contribution in [0.25, 0.3) is 0 Å². The van der Waals surface area contributed by atoms with Crippen LogP contribution in [0, 0.1) is 0 Å². The summed E-state index contributed by atoms with van der Waals surface area (Å²) in [6, 6.07) is 0. The van der Waals surface area contributed by atoms with E-state index in [1.165, 1.54) is 116 Å². The van der Waals surface area contributed by atoms with Crippen LogP contribution < -0.4 is 0 Å². The van der Waals surface area contributed by atoms with E-state index in [-0.39, 0.29) is 12.7 Å². The molecule has 0 aromatic rings. The molecule has 0 aliphatic carbocycles. The summed E-state index contributed by atoms with van der Waals surface area (Å²) in [4.78, 5) is 0. The number of rotatable bonds is 32. The third-order valence-corrected chi connectivity index (χ3v) is 7.20. The molecule has 0 fully saturated rings. The van der Waals surface area contributed by atoms with Gasteiger partial charge in [0.1, 0.15) is 6.10 Å². The SMILES string of the molecule is CCCCC=C/C=C/C=CCCCCCCCCOC[C@@H](CO)OCCCCCCCCC=C/C=C/C=CCCCC. The van der Waals surface area contributed by atoms with E-state index >= 15 is 0 Å². The number of aliphatic hydroxyl groups is 1. The largest absolute Gasteiger partial charge is 0.394 e. The van der Waals surface area contributed by atoms with Crippen LogP contribution in [0.4, 0.5) is 0 Å². The fourth-order valence-corrected chi connectivity index (χ4v) is 4.46. The molecule has 0 bridgehead atoms. The Bertz CT molecular complexity index is 686. The zero-order valence-electron chi connectivity index (χ0n) is 27.7. The van der Waals surface area contributed by atoms with E-state index < -0.39 is 0 Å². The molecule has 0 aromatic carbocycles. The van der Waals surface area contributed by atoms with Gasteiger partial charge in [0, 0.05) is 13.2 Å². The number of unbranched alkanes of at least 4 members (excludes halogenated alkanes) is 16. The number of aliphatic hydroxyl groups excluding tert-OH is 1. The summed E-state index contributed by atoms with van der Waals surface area (Å²) >= 11 is 0. The first-order valence-corrected chi connectivity index (χ1v) is 17.6. The Morgan fingerprint density at radius 2 is 0.833 bits per heavy atom. The van der Waals surface area contributed by atoms with Gasteiger partial charge in [-0.05, 0) is 51.4 Å². The van der Waals surface area contributed by atoms with Crippen molar-refractivity contribution in [1.29, 1.82) is 0 Å². The number of ether oxygens (including phenoxy) is 2. The molecule has 0 radical (unpaired) electrons. The molecule has 0 saturated carbocycles. The average molecular weight is 585 g/mol. The highest BCUT2D eigenvalue weighted by Crippen LogP contribution is 2.10. The van der Waals surface area contributed by atoms with Crippen LogP contribution >= 0.6 is 0 Å². The van der Waals surface area contributed by atoms with Crippen molar-refractivity contribution in [2.24, 2.45) is 0 Å². The highest BCUT2D eigenvalue weighted by molar-refractivity contribution is 5.11. The topological polar surface area (TPSA) is 38.7 Å². The first kappa shape index (κ1) is 40.3. The monoisotopic (exact) mass is 585 g/mol. The molecule has 0 amide bonds. The number of allylic oxidation sites excluding steroid dienone is 12. The van der Waals surface area contributed by atoms with Gasteiger partial charge in [-0.3, -0.25) is 0 Å². The number of hydrogen-bond donors (Lipinski definition) is 1. The second-order valence-corrected chi connectivity index (χ2v) is 11.3. The average Bonchev–Trinajstić information content (AvgIpc) is 3.00. The van der Waals surface area contributed by atoms with Crippen molar-refractivity contribution in [1.82, 2.24) is 0 Å². The third-order valence-electron chi connectivity index (χ3n) is 7.20. The Labute approximate surface area is 261 Å². The quantitative estimate of drug-likeness (QED) is 0.0631. The van der Waals surface area contributed by atoms with E-state index in [1.54, 1.807) is 0 Å². The van der Waals surface area contributed by atoms with E-state index in [9.17, 15) is 5.11 Å². The van der Waals surface area contributed by atoms with Crippen LogP contribution in [0.15, 0.2) is 72.9 Å². The summed E-state index contributed by atoms with van der Waals surface area (Å²) in [6.45, 7) is 6.49. The van der Waals surface area contributed by atoms with Gasteiger partial charge in [-0.2, -0.15) is 0 Å². The van der Waals surface area contributed by atoms with Crippen molar-refractivity contribution < 1.29 is 14.6 Å². The highest BCUT2D eigenvalue weighted by atomic mass is 16.5. The van der Waals surface area contributed by atoms with E-state index in [1.807, 2.05) is 0 Å². The van der Waals surface area contributed by atoms with Crippen LogP contribution in [-0.2, 0) is 9.47 Å². The van der Waals surface area contributed by atoms with Crippen LogP contribution in [0.5, 0.6) is 0 Å². The molecule has 0 aliphatic heterocycles. The predicted octanol–water partition coefficient (Wildman–Crippen LogP) is 11.6. The minimum absolute atomic E-state index is 0.0394. The molecular formula is C39H68O3. The lowest BCUT2D eigenvalue weighted by molar-refractivity contribution is -0.0437. The van der Waals surface area contributed by atoms with Crippen molar-refractivity contribution in [2.75, 3.05) is 26.4 Å². The molecular weight excluding hydrogens is 516 g/mol. The molecule has 0 unspecified atom stereocenters. The normalized spacial score (nSPS) is 13.5. The molecule has 3 heteroatoms. The molecule has 1 N–H and O–H groups in total. The molecule has 42 heavy (non-hydrogen) atoms. The van der Waals surface area contributed by atoms with Crippen LogP contribution in [0.1, 0.15) is 142 Å². The van der Waals surface area contributed by atoms with Gasteiger partial charge in [0.25, 0.3) is 0 Å². The van der Waals surface area contributed by atoms with Crippen molar-refractivity contribution in [3.63, 3.8) is 0 Å². The molecule has 0 saturated heterocycles. The Balaban J connectivity index is 3.44. The van der Waals surface area contributed by atoms with E-state index in [2.05, 4.69) is 86.8 Å². The van der Waals surface area contributed by atoms with Crippen molar-refractivity contribution in [3.8, 4) is 0 Å². The van der Waals surface area contributed by atoms with Gasteiger partial charge in [0.15, 0.2) is 0 Å². The summed E-state index contributed by atoms with van der Waals surface area (Å²) in [5.41, 5.74) is 0. The zero-order valence-corrected chi connectivity index (χ0v) is 27.7. The number of hydrogen-bond acceptors (Lipinski definition) is 3. The Hall–Kier alpha value is -1.68.